The van der Waals surface area contributed by atoms with E-state index >= 15 is 0 Å². The maximum absolute atomic E-state index is 13.6. The highest BCUT2D eigenvalue weighted by atomic mass is 19.1. The van der Waals surface area contributed by atoms with Crippen molar-refractivity contribution in [3.05, 3.63) is 29.3 Å². The van der Waals surface area contributed by atoms with Crippen LogP contribution in [0.25, 0.3) is 0 Å². The summed E-state index contributed by atoms with van der Waals surface area (Å²) in [6.07, 6.45) is -3.59. The maximum atomic E-state index is 13.6. The molecule has 0 spiro atoms. The molecule has 1 aromatic carbocycles. The lowest BCUT2D eigenvalue weighted by Crippen LogP contribution is -2.36. The summed E-state index contributed by atoms with van der Waals surface area (Å²) < 4.78 is 13.6. The van der Waals surface area contributed by atoms with Gasteiger partial charge in [0.05, 0.1) is 11.6 Å². The van der Waals surface area contributed by atoms with Crippen molar-refractivity contribution in [1.82, 2.24) is 0 Å². The number of nitriles is 1. The lowest BCUT2D eigenvalue weighted by molar-refractivity contribution is -0.128. The number of hydrogen-bond donors (Lipinski definition) is 2. The number of aliphatic hydroxyl groups excluding tert-OH is 1. The predicted molar refractivity (Wildman–Crippen MR) is 49.6 cm³/mol. The fourth-order valence-corrected chi connectivity index (χ4v) is 1.57. The lowest BCUT2D eigenvalue weighted by Gasteiger charge is -2.25. The summed E-state index contributed by atoms with van der Waals surface area (Å²) in [4.78, 5) is 11.1. The molecule has 76 valence electrons. The second-order valence-corrected chi connectivity index (χ2v) is 3.21. The Morgan fingerprint density at radius 2 is 2.27 bits per heavy atom. The molecule has 5 heteroatoms. The second-order valence-electron chi connectivity index (χ2n) is 3.21. The van der Waals surface area contributed by atoms with E-state index in [2.05, 4.69) is 5.32 Å². The fourth-order valence-electron chi connectivity index (χ4n) is 1.57. The van der Waals surface area contributed by atoms with Crippen molar-refractivity contribution in [2.24, 2.45) is 0 Å². The second kappa shape index (κ2) is 3.33. The third kappa shape index (κ3) is 1.35. The molecule has 0 aliphatic carbocycles. The molecular weight excluding hydrogens is 199 g/mol. The first-order valence-electron chi connectivity index (χ1n) is 4.31. The molecule has 2 rings (SSSR count). The smallest absolute Gasteiger partial charge is 0.256 e. The van der Waals surface area contributed by atoms with Gasteiger partial charge in [-0.1, -0.05) is 6.07 Å². The van der Waals surface area contributed by atoms with Crippen LogP contribution in [-0.4, -0.2) is 17.1 Å². The zero-order valence-electron chi connectivity index (χ0n) is 7.57. The maximum Gasteiger partial charge on any atom is 0.256 e. The Morgan fingerprint density at radius 3 is 2.93 bits per heavy atom. The molecule has 15 heavy (non-hydrogen) atoms. The Bertz CT molecular complexity index is 467. The minimum Gasteiger partial charge on any atom is -0.380 e. The molecule has 1 aliphatic heterocycles. The minimum absolute atomic E-state index is 0.0482. The number of nitrogens with zero attached hydrogens (tertiary/aromatic N) is 1. The quantitative estimate of drug-likeness (QED) is 0.661. The van der Waals surface area contributed by atoms with Crippen molar-refractivity contribution in [3.63, 3.8) is 0 Å². The van der Waals surface area contributed by atoms with Crippen LogP contribution in [0.5, 0.6) is 0 Å². The Morgan fingerprint density at radius 1 is 1.53 bits per heavy atom. The number of fused-ring (bicyclic) bond motifs is 1. The first-order valence-corrected chi connectivity index (χ1v) is 4.31. The third-order valence-electron chi connectivity index (χ3n) is 2.31. The largest absolute Gasteiger partial charge is 0.380 e. The van der Waals surface area contributed by atoms with Crippen molar-refractivity contribution >= 4 is 11.6 Å². The number of amides is 1. The lowest BCUT2D eigenvalue weighted by atomic mass is 9.94. The van der Waals surface area contributed by atoms with Gasteiger partial charge in [0.25, 0.3) is 5.91 Å². The van der Waals surface area contributed by atoms with E-state index in [9.17, 15) is 14.3 Å². The molecule has 1 heterocycles. The topological polar surface area (TPSA) is 73.1 Å². The van der Waals surface area contributed by atoms with Gasteiger partial charge in [-0.25, -0.2) is 4.39 Å². The fraction of sp³-hybridized carbons (Fsp3) is 0.200. The molecule has 1 aliphatic rings. The van der Waals surface area contributed by atoms with Crippen LogP contribution >= 0.6 is 0 Å². The molecule has 2 atom stereocenters. The van der Waals surface area contributed by atoms with E-state index in [-0.39, 0.29) is 16.8 Å². The highest BCUT2D eigenvalue weighted by Gasteiger charge is 2.36. The van der Waals surface area contributed by atoms with Gasteiger partial charge in [0.1, 0.15) is 0 Å². The van der Waals surface area contributed by atoms with Crippen molar-refractivity contribution in [2.45, 2.75) is 12.3 Å². The summed E-state index contributed by atoms with van der Waals surface area (Å²) in [6, 6.07) is 6.29. The van der Waals surface area contributed by atoms with E-state index in [4.69, 9.17) is 5.26 Å². The van der Waals surface area contributed by atoms with Gasteiger partial charge in [0.2, 0.25) is 0 Å². The highest BCUT2D eigenvalue weighted by molar-refractivity contribution is 5.98. The number of alkyl halides is 1. The number of benzene rings is 1. The van der Waals surface area contributed by atoms with Gasteiger partial charge in [-0.3, -0.25) is 4.79 Å². The number of carbonyl (C=O) groups is 1. The average molecular weight is 206 g/mol. The van der Waals surface area contributed by atoms with Crippen LogP contribution in [0.2, 0.25) is 0 Å². The van der Waals surface area contributed by atoms with Crippen molar-refractivity contribution in [1.29, 1.82) is 5.26 Å². The van der Waals surface area contributed by atoms with Crippen LogP contribution in [0.1, 0.15) is 17.3 Å². The van der Waals surface area contributed by atoms with Gasteiger partial charge >= 0.3 is 0 Å². The summed E-state index contributed by atoms with van der Waals surface area (Å²) in [5.41, 5.74) is 0.419. The molecule has 0 saturated carbocycles. The van der Waals surface area contributed by atoms with Crippen LogP contribution in [-0.2, 0) is 4.79 Å². The molecule has 0 radical (unpaired) electrons. The number of nitrogens with one attached hydrogen (secondary N) is 1. The zero-order valence-corrected chi connectivity index (χ0v) is 7.57. The molecule has 0 aromatic heterocycles. The molecule has 1 amide bonds. The van der Waals surface area contributed by atoms with E-state index in [0.29, 0.717) is 0 Å². The molecule has 2 unspecified atom stereocenters. The van der Waals surface area contributed by atoms with Crippen molar-refractivity contribution < 1.29 is 14.3 Å². The van der Waals surface area contributed by atoms with E-state index < -0.39 is 18.2 Å². The number of hydrogen-bond acceptors (Lipinski definition) is 3. The Hall–Kier alpha value is -1.93. The van der Waals surface area contributed by atoms with Gasteiger partial charge in [-0.15, -0.1) is 0 Å². The standard InChI is InChI=1S/C10H7FN2O2/c11-8-7-5(4-12)2-1-3-6(7)13-10(15)9(8)14/h1-3,8-9,14H,(H,13,15). The number of rotatable bonds is 0. The summed E-state index contributed by atoms with van der Waals surface area (Å²) in [7, 11) is 0. The van der Waals surface area contributed by atoms with E-state index in [1.54, 1.807) is 6.07 Å². The van der Waals surface area contributed by atoms with Gasteiger partial charge < -0.3 is 10.4 Å². The van der Waals surface area contributed by atoms with E-state index in [1.165, 1.54) is 12.1 Å². The molecule has 0 fully saturated rings. The van der Waals surface area contributed by atoms with Crippen LogP contribution in [0, 0.1) is 11.3 Å². The minimum atomic E-state index is -1.84. The van der Waals surface area contributed by atoms with Crippen molar-refractivity contribution in [3.8, 4) is 6.07 Å². The SMILES string of the molecule is N#Cc1cccc2c1C(F)C(O)C(=O)N2. The molecule has 2 N–H and O–H groups in total. The number of halogens is 1. The molecule has 1 aromatic rings. The monoisotopic (exact) mass is 206 g/mol. The van der Waals surface area contributed by atoms with Gasteiger partial charge in [-0.2, -0.15) is 5.26 Å². The predicted octanol–water partition coefficient (Wildman–Crippen LogP) is 0.882. The van der Waals surface area contributed by atoms with E-state index in [1.807, 2.05) is 6.07 Å². The Balaban J connectivity index is 2.61. The first-order chi connectivity index (χ1) is 7.15. The molecule has 0 saturated heterocycles. The zero-order chi connectivity index (χ0) is 11.0. The van der Waals surface area contributed by atoms with E-state index in [0.717, 1.165) is 0 Å². The van der Waals surface area contributed by atoms with Gasteiger partial charge in [0.15, 0.2) is 12.3 Å². The van der Waals surface area contributed by atoms with Gasteiger partial charge in [-0.05, 0) is 12.1 Å². The van der Waals surface area contributed by atoms with Crippen LogP contribution in [0.4, 0.5) is 10.1 Å². The summed E-state index contributed by atoms with van der Waals surface area (Å²) in [6.45, 7) is 0. The highest BCUT2D eigenvalue weighted by Crippen LogP contribution is 2.35. The van der Waals surface area contributed by atoms with Crippen LogP contribution < -0.4 is 5.32 Å². The molecule has 0 bridgehead atoms. The summed E-state index contributed by atoms with van der Waals surface area (Å²) >= 11 is 0. The normalized spacial score (nSPS) is 23.9. The van der Waals surface area contributed by atoms with Crippen LogP contribution in [0.3, 0.4) is 0 Å². The summed E-state index contributed by atoms with van der Waals surface area (Å²) in [5.74, 6) is -0.787. The number of aliphatic hydroxyl groups is 1. The number of carbonyl (C=O) groups excluding carboxylic acids is 1. The number of anilines is 1. The third-order valence-corrected chi connectivity index (χ3v) is 2.31. The van der Waals surface area contributed by atoms with Crippen LogP contribution in [0.15, 0.2) is 18.2 Å². The van der Waals surface area contributed by atoms with Crippen molar-refractivity contribution in [2.75, 3.05) is 5.32 Å². The average Bonchev–Trinajstić information content (AvgIpc) is 2.25. The Kier molecular flexibility index (Phi) is 2.14. The first kappa shape index (κ1) is 9.62. The Labute approximate surface area is 84.9 Å². The molecule has 4 nitrogen and oxygen atoms in total. The molecular formula is C10H7FN2O2. The summed E-state index contributed by atoms with van der Waals surface area (Å²) in [5, 5.41) is 20.3. The van der Waals surface area contributed by atoms with Gasteiger partial charge in [0, 0.05) is 11.3 Å².